The van der Waals surface area contributed by atoms with Crippen LogP contribution in [0.15, 0.2) is 54.6 Å². The zero-order chi connectivity index (χ0) is 15.5. The maximum absolute atomic E-state index is 13.0. The molecule has 0 fully saturated rings. The molecule has 3 nitrogen and oxygen atoms in total. The molecule has 2 aromatic carbocycles. The molecule has 0 amide bonds. The number of rotatable bonds is 4. The van der Waals surface area contributed by atoms with Crippen LogP contribution in [0.5, 0.6) is 0 Å². The zero-order valence-electron chi connectivity index (χ0n) is 11.5. The third-order valence-corrected chi connectivity index (χ3v) is 4.33. The van der Waals surface area contributed by atoms with E-state index in [-0.39, 0.29) is 10.7 Å². The fourth-order valence-electron chi connectivity index (χ4n) is 2.14. The van der Waals surface area contributed by atoms with Gasteiger partial charge in [0.25, 0.3) is 0 Å². The third kappa shape index (κ3) is 3.04. The Labute approximate surface area is 130 Å². The number of halogens is 1. The fourth-order valence-corrected chi connectivity index (χ4v) is 3.07. The molecule has 1 heterocycles. The minimum Gasteiger partial charge on any atom is -0.477 e. The van der Waals surface area contributed by atoms with Crippen LogP contribution in [-0.2, 0) is 6.42 Å². The van der Waals surface area contributed by atoms with Crippen molar-refractivity contribution in [3.63, 3.8) is 0 Å². The Morgan fingerprint density at radius 2 is 1.77 bits per heavy atom. The Hall–Kier alpha value is -2.53. The van der Waals surface area contributed by atoms with Crippen molar-refractivity contribution in [2.75, 3.05) is 0 Å². The van der Waals surface area contributed by atoms with E-state index in [1.807, 2.05) is 30.3 Å². The zero-order valence-corrected chi connectivity index (χ0v) is 12.3. The number of hydrogen-bond acceptors (Lipinski definition) is 3. The number of nitrogens with zero attached hydrogens (tertiary/aromatic N) is 1. The molecular formula is C17H12FNO2S. The Kier molecular flexibility index (Phi) is 3.98. The Bertz CT molecular complexity index is 797. The van der Waals surface area contributed by atoms with Gasteiger partial charge in [-0.25, -0.2) is 14.2 Å². The van der Waals surface area contributed by atoms with Crippen LogP contribution in [0.3, 0.4) is 0 Å². The van der Waals surface area contributed by atoms with Gasteiger partial charge < -0.3 is 5.11 Å². The predicted octanol–water partition coefficient (Wildman–Crippen LogP) is 4.24. The summed E-state index contributed by atoms with van der Waals surface area (Å²) in [5.41, 5.74) is 2.25. The van der Waals surface area contributed by atoms with Crippen molar-refractivity contribution >= 4 is 17.3 Å². The first-order valence-electron chi connectivity index (χ1n) is 6.66. The number of thiazole rings is 1. The van der Waals surface area contributed by atoms with Gasteiger partial charge in [-0.3, -0.25) is 0 Å². The highest BCUT2D eigenvalue weighted by molar-refractivity contribution is 7.17. The van der Waals surface area contributed by atoms with Gasteiger partial charge in [0.2, 0.25) is 0 Å². The molecular weight excluding hydrogens is 301 g/mol. The summed E-state index contributed by atoms with van der Waals surface area (Å²) in [6.07, 6.45) is 0.459. The summed E-state index contributed by atoms with van der Waals surface area (Å²) in [4.78, 5) is 16.1. The van der Waals surface area contributed by atoms with E-state index in [0.29, 0.717) is 22.7 Å². The third-order valence-electron chi connectivity index (χ3n) is 3.20. The van der Waals surface area contributed by atoms with Crippen LogP contribution in [0.2, 0.25) is 0 Å². The van der Waals surface area contributed by atoms with Crippen molar-refractivity contribution in [2.24, 2.45) is 0 Å². The average molecular weight is 313 g/mol. The van der Waals surface area contributed by atoms with Crippen molar-refractivity contribution < 1.29 is 14.3 Å². The van der Waals surface area contributed by atoms with E-state index in [1.165, 1.54) is 12.1 Å². The second kappa shape index (κ2) is 6.07. The van der Waals surface area contributed by atoms with E-state index in [2.05, 4.69) is 4.98 Å². The van der Waals surface area contributed by atoms with Crippen LogP contribution in [0.1, 0.15) is 20.9 Å². The van der Waals surface area contributed by atoms with Crippen LogP contribution in [0, 0.1) is 5.82 Å². The maximum atomic E-state index is 13.0. The summed E-state index contributed by atoms with van der Waals surface area (Å²) in [5.74, 6) is -1.32. The summed E-state index contributed by atoms with van der Waals surface area (Å²) in [6, 6.07) is 15.5. The number of hydrogen-bond donors (Lipinski definition) is 1. The molecule has 0 aliphatic heterocycles. The van der Waals surface area contributed by atoms with Gasteiger partial charge >= 0.3 is 5.97 Å². The summed E-state index contributed by atoms with van der Waals surface area (Å²) >= 11 is 1.11. The molecule has 0 saturated carbocycles. The molecule has 0 radical (unpaired) electrons. The average Bonchev–Trinajstić information content (AvgIpc) is 2.93. The van der Waals surface area contributed by atoms with Crippen LogP contribution >= 0.6 is 11.3 Å². The lowest BCUT2D eigenvalue weighted by atomic mass is 10.1. The summed E-state index contributed by atoms with van der Waals surface area (Å²) in [7, 11) is 0. The lowest BCUT2D eigenvalue weighted by Crippen LogP contribution is -1.99. The van der Waals surface area contributed by atoms with Gasteiger partial charge in [-0.2, -0.15) is 0 Å². The van der Waals surface area contributed by atoms with Crippen molar-refractivity contribution in [2.45, 2.75) is 6.42 Å². The second-order valence-corrected chi connectivity index (χ2v) is 5.77. The van der Waals surface area contributed by atoms with E-state index < -0.39 is 5.97 Å². The Balaban J connectivity index is 1.99. The minimum atomic E-state index is -0.989. The van der Waals surface area contributed by atoms with E-state index >= 15 is 0 Å². The van der Waals surface area contributed by atoms with E-state index in [1.54, 1.807) is 12.1 Å². The van der Waals surface area contributed by atoms with Crippen molar-refractivity contribution in [1.82, 2.24) is 4.98 Å². The van der Waals surface area contributed by atoms with Crippen LogP contribution in [0.4, 0.5) is 4.39 Å². The lowest BCUT2D eigenvalue weighted by molar-refractivity contribution is 0.0701. The molecule has 3 aromatic rings. The maximum Gasteiger partial charge on any atom is 0.347 e. The van der Waals surface area contributed by atoms with E-state index in [4.69, 9.17) is 0 Å². The van der Waals surface area contributed by atoms with Gasteiger partial charge in [0.15, 0.2) is 0 Å². The van der Waals surface area contributed by atoms with Crippen LogP contribution in [-0.4, -0.2) is 16.1 Å². The first-order chi connectivity index (χ1) is 10.6. The van der Waals surface area contributed by atoms with Crippen molar-refractivity contribution in [3.8, 4) is 10.6 Å². The molecule has 0 atom stereocenters. The molecule has 0 spiro atoms. The van der Waals surface area contributed by atoms with E-state index in [9.17, 15) is 14.3 Å². The van der Waals surface area contributed by atoms with Crippen LogP contribution < -0.4 is 0 Å². The Morgan fingerprint density at radius 3 is 2.41 bits per heavy atom. The van der Waals surface area contributed by atoms with E-state index in [0.717, 1.165) is 16.9 Å². The molecule has 110 valence electrons. The SMILES string of the molecule is O=C(O)c1sc(-c2ccc(F)cc2)nc1Cc1ccccc1. The topological polar surface area (TPSA) is 50.2 Å². The molecule has 1 aromatic heterocycles. The normalized spacial score (nSPS) is 10.6. The predicted molar refractivity (Wildman–Crippen MR) is 83.7 cm³/mol. The van der Waals surface area contributed by atoms with Gasteiger partial charge in [0.1, 0.15) is 15.7 Å². The highest BCUT2D eigenvalue weighted by Crippen LogP contribution is 2.29. The number of benzene rings is 2. The van der Waals surface area contributed by atoms with Crippen LogP contribution in [0.25, 0.3) is 10.6 Å². The van der Waals surface area contributed by atoms with Gasteiger partial charge in [0.05, 0.1) is 5.69 Å². The summed E-state index contributed by atoms with van der Waals surface area (Å²) in [5, 5.41) is 9.94. The molecule has 0 bridgehead atoms. The first-order valence-corrected chi connectivity index (χ1v) is 7.48. The second-order valence-electron chi connectivity index (χ2n) is 4.77. The number of carbonyl (C=O) groups is 1. The molecule has 0 unspecified atom stereocenters. The number of carboxylic acid groups (broad SMARTS) is 1. The first kappa shape index (κ1) is 14.4. The number of carboxylic acids is 1. The molecule has 3 rings (SSSR count). The molecule has 5 heteroatoms. The van der Waals surface area contributed by atoms with Crippen molar-refractivity contribution in [3.05, 3.63) is 76.5 Å². The minimum absolute atomic E-state index is 0.225. The standard InChI is InChI=1S/C17H12FNO2S/c18-13-8-6-12(7-9-13)16-19-14(15(22-16)17(20)21)10-11-4-2-1-3-5-11/h1-9H,10H2,(H,20,21). The van der Waals surface area contributed by atoms with Gasteiger partial charge in [-0.1, -0.05) is 30.3 Å². The largest absolute Gasteiger partial charge is 0.477 e. The molecule has 22 heavy (non-hydrogen) atoms. The van der Waals surface area contributed by atoms with Gasteiger partial charge in [-0.15, -0.1) is 11.3 Å². The number of aromatic carboxylic acids is 1. The Morgan fingerprint density at radius 1 is 1.09 bits per heavy atom. The lowest BCUT2D eigenvalue weighted by Gasteiger charge is -1.99. The molecule has 0 aliphatic carbocycles. The number of aromatic nitrogens is 1. The van der Waals surface area contributed by atoms with Crippen molar-refractivity contribution in [1.29, 1.82) is 0 Å². The highest BCUT2D eigenvalue weighted by atomic mass is 32.1. The molecule has 1 N–H and O–H groups in total. The monoisotopic (exact) mass is 313 g/mol. The molecule has 0 aliphatic rings. The molecule has 0 saturated heterocycles. The summed E-state index contributed by atoms with van der Waals surface area (Å²) < 4.78 is 13.0. The van der Waals surface area contributed by atoms with Gasteiger partial charge in [-0.05, 0) is 29.8 Å². The highest BCUT2D eigenvalue weighted by Gasteiger charge is 2.18. The summed E-state index contributed by atoms with van der Waals surface area (Å²) in [6.45, 7) is 0. The smallest absolute Gasteiger partial charge is 0.347 e. The van der Waals surface area contributed by atoms with Gasteiger partial charge in [0, 0.05) is 12.0 Å². The quantitative estimate of drug-likeness (QED) is 0.784. The fraction of sp³-hybridized carbons (Fsp3) is 0.0588.